The number of benzene rings is 1. The molecule has 2 heterocycles. The monoisotopic (exact) mass is 275 g/mol. The molecule has 0 radical (unpaired) electrons. The fraction of sp³-hybridized carbons (Fsp3) is 0.467. The van der Waals surface area contributed by atoms with Crippen LogP contribution in [0.1, 0.15) is 25.5 Å². The third-order valence-corrected chi connectivity index (χ3v) is 3.78. The number of cyclic esters (lactones) is 1. The normalized spacial score (nSPS) is 28.6. The van der Waals surface area contributed by atoms with E-state index in [-0.39, 0.29) is 30.6 Å². The Balaban J connectivity index is 1.73. The molecule has 0 bridgehead atoms. The highest BCUT2D eigenvalue weighted by Crippen LogP contribution is 2.40. The molecule has 1 aromatic rings. The summed E-state index contributed by atoms with van der Waals surface area (Å²) >= 11 is 0. The Morgan fingerprint density at radius 3 is 2.65 bits per heavy atom. The van der Waals surface area contributed by atoms with E-state index in [1.165, 1.54) is 4.90 Å². The number of epoxide rings is 1. The standard InChI is InChI=1S/C15H17NO4/c1-9(2)11-8-19-15(18)16(11)14(17)13-12(20-13)10-6-4-3-5-7-10/h3-7,9,11-13H,8H2,1-2H3/t11-,12-,13+/m1/s1. The summed E-state index contributed by atoms with van der Waals surface area (Å²) in [5.41, 5.74) is 0.958. The summed E-state index contributed by atoms with van der Waals surface area (Å²) in [5, 5.41) is 0. The van der Waals surface area contributed by atoms with Crippen LogP contribution < -0.4 is 0 Å². The Hall–Kier alpha value is -1.88. The molecule has 0 N–H and O–H groups in total. The molecule has 0 aromatic heterocycles. The number of ether oxygens (including phenoxy) is 2. The minimum absolute atomic E-state index is 0.166. The summed E-state index contributed by atoms with van der Waals surface area (Å²) in [6.45, 7) is 4.20. The van der Waals surface area contributed by atoms with E-state index in [0.717, 1.165) is 5.56 Å². The minimum Gasteiger partial charge on any atom is -0.447 e. The lowest BCUT2D eigenvalue weighted by Gasteiger charge is -2.21. The van der Waals surface area contributed by atoms with Gasteiger partial charge in [0.05, 0.1) is 6.04 Å². The number of hydrogen-bond donors (Lipinski definition) is 0. The molecular weight excluding hydrogens is 258 g/mol. The van der Waals surface area contributed by atoms with Crippen molar-refractivity contribution in [1.82, 2.24) is 4.90 Å². The number of hydrogen-bond acceptors (Lipinski definition) is 4. The molecule has 3 atom stereocenters. The molecule has 5 nitrogen and oxygen atoms in total. The topological polar surface area (TPSA) is 59.1 Å². The van der Waals surface area contributed by atoms with Crippen molar-refractivity contribution >= 4 is 12.0 Å². The second-order valence-electron chi connectivity index (χ2n) is 5.48. The van der Waals surface area contributed by atoms with Crippen LogP contribution in [0, 0.1) is 5.92 Å². The molecule has 2 fully saturated rings. The van der Waals surface area contributed by atoms with Crippen LogP contribution in [0.2, 0.25) is 0 Å². The summed E-state index contributed by atoms with van der Waals surface area (Å²) in [6, 6.07) is 9.35. The lowest BCUT2D eigenvalue weighted by molar-refractivity contribution is -0.131. The lowest BCUT2D eigenvalue weighted by atomic mass is 10.0. The van der Waals surface area contributed by atoms with Gasteiger partial charge in [-0.3, -0.25) is 4.79 Å². The maximum absolute atomic E-state index is 12.4. The van der Waals surface area contributed by atoms with Gasteiger partial charge in [0.1, 0.15) is 12.7 Å². The van der Waals surface area contributed by atoms with E-state index in [4.69, 9.17) is 9.47 Å². The molecule has 2 aliphatic heterocycles. The van der Waals surface area contributed by atoms with E-state index < -0.39 is 12.2 Å². The van der Waals surface area contributed by atoms with E-state index in [1.807, 2.05) is 44.2 Å². The molecule has 20 heavy (non-hydrogen) atoms. The van der Waals surface area contributed by atoms with Crippen molar-refractivity contribution in [1.29, 1.82) is 0 Å². The summed E-state index contributed by atoms with van der Waals surface area (Å²) in [4.78, 5) is 25.4. The second-order valence-corrected chi connectivity index (χ2v) is 5.48. The lowest BCUT2D eigenvalue weighted by Crippen LogP contribution is -2.44. The smallest absolute Gasteiger partial charge is 0.417 e. The number of amides is 2. The first kappa shape index (κ1) is 13.1. The molecule has 2 saturated heterocycles. The number of imide groups is 1. The van der Waals surface area contributed by atoms with Crippen molar-refractivity contribution in [2.45, 2.75) is 32.1 Å². The van der Waals surface area contributed by atoms with Gasteiger partial charge in [-0.1, -0.05) is 44.2 Å². The van der Waals surface area contributed by atoms with Crippen molar-refractivity contribution < 1.29 is 19.1 Å². The maximum Gasteiger partial charge on any atom is 0.417 e. The third-order valence-electron chi connectivity index (χ3n) is 3.78. The maximum atomic E-state index is 12.4. The van der Waals surface area contributed by atoms with E-state index in [9.17, 15) is 9.59 Å². The highest BCUT2D eigenvalue weighted by atomic mass is 16.6. The number of rotatable bonds is 3. The number of nitrogens with zero attached hydrogens (tertiary/aromatic N) is 1. The van der Waals surface area contributed by atoms with E-state index in [1.54, 1.807) is 0 Å². The van der Waals surface area contributed by atoms with E-state index in [0.29, 0.717) is 0 Å². The van der Waals surface area contributed by atoms with Gasteiger partial charge in [-0.25, -0.2) is 9.69 Å². The van der Waals surface area contributed by atoms with Crippen molar-refractivity contribution in [2.75, 3.05) is 6.61 Å². The quantitative estimate of drug-likeness (QED) is 0.793. The van der Waals surface area contributed by atoms with Gasteiger partial charge in [-0.05, 0) is 11.5 Å². The highest BCUT2D eigenvalue weighted by Gasteiger charge is 2.52. The van der Waals surface area contributed by atoms with Gasteiger partial charge in [-0.15, -0.1) is 0 Å². The Kier molecular flexibility index (Phi) is 3.22. The van der Waals surface area contributed by atoms with Crippen LogP contribution in [0.5, 0.6) is 0 Å². The van der Waals surface area contributed by atoms with Crippen molar-refractivity contribution in [3.63, 3.8) is 0 Å². The zero-order chi connectivity index (χ0) is 14.3. The van der Waals surface area contributed by atoms with Crippen LogP contribution in [0.3, 0.4) is 0 Å². The van der Waals surface area contributed by atoms with E-state index in [2.05, 4.69) is 0 Å². The molecule has 106 valence electrons. The minimum atomic E-state index is -0.565. The van der Waals surface area contributed by atoms with E-state index >= 15 is 0 Å². The zero-order valence-electron chi connectivity index (χ0n) is 11.5. The molecule has 0 saturated carbocycles. The summed E-state index contributed by atoms with van der Waals surface area (Å²) in [7, 11) is 0. The molecule has 5 heteroatoms. The highest BCUT2D eigenvalue weighted by molar-refractivity contribution is 5.97. The van der Waals surface area contributed by atoms with Gasteiger partial charge < -0.3 is 9.47 Å². The molecule has 2 aliphatic rings. The SMILES string of the molecule is CC(C)[C@H]1COC(=O)N1C(=O)[C@H]1O[C@@H]1c1ccccc1. The molecule has 2 amide bonds. The van der Waals surface area contributed by atoms with Gasteiger partial charge in [0.15, 0.2) is 6.10 Å². The predicted octanol–water partition coefficient (Wildman–Crippen LogP) is 2.13. The number of carbonyl (C=O) groups excluding carboxylic acids is 2. The van der Waals surface area contributed by atoms with Crippen molar-refractivity contribution in [2.24, 2.45) is 5.92 Å². The summed E-state index contributed by atoms with van der Waals surface area (Å²) in [6.07, 6.45) is -1.37. The summed E-state index contributed by atoms with van der Waals surface area (Å²) in [5.74, 6) is -0.126. The first-order valence-corrected chi connectivity index (χ1v) is 6.80. The van der Waals surface area contributed by atoms with Crippen LogP contribution in [-0.2, 0) is 14.3 Å². The molecule has 0 unspecified atom stereocenters. The zero-order valence-corrected chi connectivity index (χ0v) is 11.5. The van der Waals surface area contributed by atoms with Crippen LogP contribution in [0.15, 0.2) is 30.3 Å². The third kappa shape index (κ3) is 2.18. The Morgan fingerprint density at radius 1 is 1.30 bits per heavy atom. The molecular formula is C15H17NO4. The van der Waals surface area contributed by atoms with Gasteiger partial charge in [0.25, 0.3) is 5.91 Å². The molecule has 0 aliphatic carbocycles. The van der Waals surface area contributed by atoms with Crippen LogP contribution >= 0.6 is 0 Å². The largest absolute Gasteiger partial charge is 0.447 e. The average molecular weight is 275 g/mol. The molecule has 3 rings (SSSR count). The van der Waals surface area contributed by atoms with Crippen molar-refractivity contribution in [3.05, 3.63) is 35.9 Å². The van der Waals surface area contributed by atoms with Gasteiger partial charge in [-0.2, -0.15) is 0 Å². The Bertz CT molecular complexity index is 528. The Labute approximate surface area is 117 Å². The first-order valence-electron chi connectivity index (χ1n) is 6.80. The van der Waals surface area contributed by atoms with Crippen LogP contribution in [0.25, 0.3) is 0 Å². The summed E-state index contributed by atoms with van der Waals surface area (Å²) < 4.78 is 10.4. The Morgan fingerprint density at radius 2 is 2.00 bits per heavy atom. The molecule has 0 spiro atoms. The van der Waals surface area contributed by atoms with Gasteiger partial charge >= 0.3 is 6.09 Å². The fourth-order valence-electron chi connectivity index (χ4n) is 2.51. The first-order chi connectivity index (χ1) is 9.59. The van der Waals surface area contributed by atoms with Crippen molar-refractivity contribution in [3.8, 4) is 0 Å². The van der Waals surface area contributed by atoms with Gasteiger partial charge in [0, 0.05) is 0 Å². The predicted molar refractivity (Wildman–Crippen MR) is 70.9 cm³/mol. The fourth-order valence-corrected chi connectivity index (χ4v) is 2.51. The average Bonchev–Trinajstić information content (AvgIpc) is 3.15. The van der Waals surface area contributed by atoms with Crippen LogP contribution in [0.4, 0.5) is 4.79 Å². The second kappa shape index (κ2) is 4.90. The van der Waals surface area contributed by atoms with Crippen LogP contribution in [-0.4, -0.2) is 35.7 Å². The number of carbonyl (C=O) groups is 2. The molecule has 1 aromatic carbocycles. The van der Waals surface area contributed by atoms with Gasteiger partial charge in [0.2, 0.25) is 0 Å².